The lowest BCUT2D eigenvalue weighted by Crippen LogP contribution is -2.26. The van der Waals surface area contributed by atoms with E-state index in [1.807, 2.05) is 13.8 Å². The lowest BCUT2D eigenvalue weighted by Gasteiger charge is -2.16. The molecule has 0 bridgehead atoms. The van der Waals surface area contributed by atoms with Gasteiger partial charge in [-0.3, -0.25) is 0 Å². The predicted octanol–water partition coefficient (Wildman–Crippen LogP) is 2.74. The highest BCUT2D eigenvalue weighted by atomic mass is 28.4. The summed E-state index contributed by atoms with van der Waals surface area (Å²) in [6.45, 7) is 10.8. The molecule has 0 heterocycles. The van der Waals surface area contributed by atoms with Crippen LogP contribution in [0.5, 0.6) is 0 Å². The van der Waals surface area contributed by atoms with Gasteiger partial charge in [0.05, 0.1) is 6.26 Å². The number of ether oxygens (including phenoxy) is 1. The Morgan fingerprint density at radius 3 is 2.18 bits per heavy atom. The monoisotopic (exact) mass is 174 g/mol. The molecule has 0 radical (unpaired) electrons. The Labute approximate surface area is 70.3 Å². The Bertz CT molecular complexity index is 132. The lowest BCUT2D eigenvalue weighted by atomic mass is 10.4. The van der Waals surface area contributed by atoms with Crippen LogP contribution in [0.15, 0.2) is 11.8 Å². The van der Waals surface area contributed by atoms with Gasteiger partial charge in [-0.2, -0.15) is 0 Å². The molecular formula is C8H18O2Si. The summed E-state index contributed by atoms with van der Waals surface area (Å²) in [5.41, 5.74) is 1.16. The third kappa shape index (κ3) is 9.72. The number of hydrogen-bond donors (Lipinski definition) is 0. The second-order valence-corrected chi connectivity index (χ2v) is 8.25. The second kappa shape index (κ2) is 4.57. The van der Waals surface area contributed by atoms with E-state index in [0.717, 1.165) is 5.57 Å². The van der Waals surface area contributed by atoms with Crippen molar-refractivity contribution in [2.24, 2.45) is 0 Å². The molecule has 0 fully saturated rings. The van der Waals surface area contributed by atoms with E-state index >= 15 is 0 Å². The maximum absolute atomic E-state index is 5.45. The van der Waals surface area contributed by atoms with E-state index in [2.05, 4.69) is 19.6 Å². The molecule has 66 valence electrons. The SMILES string of the molecule is CC(C)=COCO[Si](C)(C)C. The summed E-state index contributed by atoms with van der Waals surface area (Å²) in [5.74, 6) is 0. The van der Waals surface area contributed by atoms with Crippen molar-refractivity contribution in [3.05, 3.63) is 11.8 Å². The maximum Gasteiger partial charge on any atom is 0.188 e. The van der Waals surface area contributed by atoms with Crippen LogP contribution < -0.4 is 0 Å². The predicted molar refractivity (Wildman–Crippen MR) is 49.8 cm³/mol. The summed E-state index contributed by atoms with van der Waals surface area (Å²) in [6, 6.07) is 0. The van der Waals surface area contributed by atoms with Gasteiger partial charge in [0.25, 0.3) is 0 Å². The minimum atomic E-state index is -1.38. The van der Waals surface area contributed by atoms with Crippen molar-refractivity contribution in [2.45, 2.75) is 33.5 Å². The van der Waals surface area contributed by atoms with E-state index in [1.165, 1.54) is 0 Å². The minimum Gasteiger partial charge on any atom is -0.476 e. The third-order valence-electron chi connectivity index (χ3n) is 0.879. The summed E-state index contributed by atoms with van der Waals surface area (Å²) in [7, 11) is -1.38. The van der Waals surface area contributed by atoms with Crippen LogP contribution in [-0.4, -0.2) is 15.1 Å². The molecule has 0 amide bonds. The maximum atomic E-state index is 5.45. The fourth-order valence-corrected chi connectivity index (χ4v) is 0.833. The average Bonchev–Trinajstić information content (AvgIpc) is 1.78. The van der Waals surface area contributed by atoms with Crippen LogP contribution in [0.25, 0.3) is 0 Å². The Morgan fingerprint density at radius 1 is 1.27 bits per heavy atom. The summed E-state index contributed by atoms with van der Waals surface area (Å²) in [5, 5.41) is 0. The molecule has 0 aliphatic rings. The van der Waals surface area contributed by atoms with Gasteiger partial charge in [-0.1, -0.05) is 0 Å². The first-order valence-corrected chi connectivity index (χ1v) is 7.21. The van der Waals surface area contributed by atoms with Gasteiger partial charge < -0.3 is 9.16 Å². The molecule has 0 unspecified atom stereocenters. The van der Waals surface area contributed by atoms with Gasteiger partial charge in [0.1, 0.15) is 0 Å². The molecule has 0 saturated carbocycles. The molecule has 0 spiro atoms. The summed E-state index contributed by atoms with van der Waals surface area (Å²) >= 11 is 0. The third-order valence-corrected chi connectivity index (χ3v) is 1.86. The highest BCUT2D eigenvalue weighted by Crippen LogP contribution is 2.02. The van der Waals surface area contributed by atoms with Crippen molar-refractivity contribution in [3.8, 4) is 0 Å². The van der Waals surface area contributed by atoms with E-state index in [4.69, 9.17) is 9.16 Å². The highest BCUT2D eigenvalue weighted by Gasteiger charge is 2.13. The van der Waals surface area contributed by atoms with E-state index in [-0.39, 0.29) is 0 Å². The Morgan fingerprint density at radius 2 is 1.82 bits per heavy atom. The molecule has 0 aliphatic heterocycles. The number of rotatable bonds is 4. The van der Waals surface area contributed by atoms with Gasteiger partial charge in [-0.25, -0.2) is 0 Å². The molecule has 0 aromatic rings. The van der Waals surface area contributed by atoms with Gasteiger partial charge in [0.15, 0.2) is 15.1 Å². The molecule has 11 heavy (non-hydrogen) atoms. The van der Waals surface area contributed by atoms with Crippen LogP contribution in [0, 0.1) is 0 Å². The first-order chi connectivity index (χ1) is 4.92. The van der Waals surface area contributed by atoms with Crippen LogP contribution in [0.1, 0.15) is 13.8 Å². The first kappa shape index (κ1) is 10.7. The zero-order chi connectivity index (χ0) is 8.91. The van der Waals surface area contributed by atoms with Gasteiger partial charge in [0, 0.05) is 0 Å². The van der Waals surface area contributed by atoms with Gasteiger partial charge >= 0.3 is 0 Å². The Kier molecular flexibility index (Phi) is 4.45. The molecule has 0 saturated heterocycles. The Balaban J connectivity index is 3.36. The molecule has 0 atom stereocenters. The quantitative estimate of drug-likeness (QED) is 0.282. The number of hydrogen-bond acceptors (Lipinski definition) is 2. The fourth-order valence-electron chi connectivity index (χ4n) is 0.411. The van der Waals surface area contributed by atoms with E-state index in [1.54, 1.807) is 6.26 Å². The molecular weight excluding hydrogens is 156 g/mol. The molecule has 0 N–H and O–H groups in total. The summed E-state index contributed by atoms with van der Waals surface area (Å²) in [4.78, 5) is 0. The van der Waals surface area contributed by atoms with Crippen molar-refractivity contribution in [3.63, 3.8) is 0 Å². The van der Waals surface area contributed by atoms with Crippen molar-refractivity contribution in [2.75, 3.05) is 6.79 Å². The van der Waals surface area contributed by atoms with E-state index in [0.29, 0.717) is 6.79 Å². The molecule has 3 heteroatoms. The van der Waals surface area contributed by atoms with Crippen LogP contribution >= 0.6 is 0 Å². The van der Waals surface area contributed by atoms with Gasteiger partial charge in [-0.05, 0) is 39.1 Å². The largest absolute Gasteiger partial charge is 0.476 e. The zero-order valence-electron chi connectivity index (χ0n) is 8.10. The van der Waals surface area contributed by atoms with Crippen LogP contribution in [0.2, 0.25) is 19.6 Å². The molecule has 2 nitrogen and oxygen atoms in total. The molecule has 0 aliphatic carbocycles. The van der Waals surface area contributed by atoms with Crippen molar-refractivity contribution in [1.82, 2.24) is 0 Å². The fraction of sp³-hybridized carbons (Fsp3) is 0.750. The lowest BCUT2D eigenvalue weighted by molar-refractivity contribution is 0.0732. The van der Waals surface area contributed by atoms with Crippen molar-refractivity contribution < 1.29 is 9.16 Å². The average molecular weight is 174 g/mol. The summed E-state index contributed by atoms with van der Waals surface area (Å²) in [6.07, 6.45) is 1.72. The Hall–Kier alpha value is -0.283. The van der Waals surface area contributed by atoms with Gasteiger partial charge in [0.2, 0.25) is 0 Å². The van der Waals surface area contributed by atoms with Crippen LogP contribution in [0.3, 0.4) is 0 Å². The minimum absolute atomic E-state index is 0.390. The van der Waals surface area contributed by atoms with Crippen molar-refractivity contribution >= 4 is 8.32 Å². The van der Waals surface area contributed by atoms with Crippen LogP contribution in [0.4, 0.5) is 0 Å². The zero-order valence-corrected chi connectivity index (χ0v) is 9.10. The van der Waals surface area contributed by atoms with Crippen molar-refractivity contribution in [1.29, 1.82) is 0 Å². The van der Waals surface area contributed by atoms with Crippen LogP contribution in [-0.2, 0) is 9.16 Å². The summed E-state index contributed by atoms with van der Waals surface area (Å²) < 4.78 is 10.6. The second-order valence-electron chi connectivity index (χ2n) is 3.74. The molecule has 0 aromatic carbocycles. The topological polar surface area (TPSA) is 18.5 Å². The molecule has 0 rings (SSSR count). The standard InChI is InChI=1S/C8H18O2Si/c1-8(2)6-9-7-10-11(3,4)5/h6H,7H2,1-5H3. The first-order valence-electron chi connectivity index (χ1n) is 3.81. The van der Waals surface area contributed by atoms with Gasteiger partial charge in [-0.15, -0.1) is 0 Å². The molecule has 0 aromatic heterocycles. The highest BCUT2D eigenvalue weighted by molar-refractivity contribution is 6.69. The van der Waals surface area contributed by atoms with E-state index in [9.17, 15) is 0 Å². The van der Waals surface area contributed by atoms with E-state index < -0.39 is 8.32 Å². The number of allylic oxidation sites excluding steroid dienone is 1. The normalized spacial score (nSPS) is 11.0. The smallest absolute Gasteiger partial charge is 0.188 e.